The lowest BCUT2D eigenvalue weighted by Gasteiger charge is -2.36. The van der Waals surface area contributed by atoms with Gasteiger partial charge in [0.25, 0.3) is 0 Å². The Kier molecular flexibility index (Phi) is 5.91. The number of ether oxygens (including phenoxy) is 1. The zero-order valence-corrected chi connectivity index (χ0v) is 11.6. The van der Waals surface area contributed by atoms with Gasteiger partial charge in [0.05, 0.1) is 0 Å². The normalized spacial score (nSPS) is 19.6. The summed E-state index contributed by atoms with van der Waals surface area (Å²) in [5.41, 5.74) is -0.322. The molecule has 7 heteroatoms. The van der Waals surface area contributed by atoms with Crippen molar-refractivity contribution in [3.05, 3.63) is 0 Å². The van der Waals surface area contributed by atoms with E-state index in [1.54, 1.807) is 0 Å². The second-order valence-corrected chi connectivity index (χ2v) is 5.19. The minimum absolute atomic E-state index is 0.322. The van der Waals surface area contributed by atoms with Crippen LogP contribution in [0.1, 0.15) is 32.1 Å². The number of hydrogen-bond donors (Lipinski definition) is 1. The summed E-state index contributed by atoms with van der Waals surface area (Å²) in [5.74, 6) is -0.486. The molecular formula is C11H17BrF3NO2. The summed E-state index contributed by atoms with van der Waals surface area (Å²) in [5, 5.41) is 3.41. The topological polar surface area (TPSA) is 38.3 Å². The predicted molar refractivity (Wildman–Crippen MR) is 64.6 cm³/mol. The van der Waals surface area contributed by atoms with E-state index in [1.807, 2.05) is 0 Å². The summed E-state index contributed by atoms with van der Waals surface area (Å²) in [6.45, 7) is -1.93. The van der Waals surface area contributed by atoms with Crippen molar-refractivity contribution in [2.75, 3.05) is 18.5 Å². The van der Waals surface area contributed by atoms with Crippen LogP contribution in [-0.4, -0.2) is 36.2 Å². The highest BCUT2D eigenvalue weighted by Crippen LogP contribution is 2.29. The third-order valence-electron chi connectivity index (χ3n) is 2.97. The van der Waals surface area contributed by atoms with Crippen molar-refractivity contribution in [3.63, 3.8) is 0 Å². The summed E-state index contributed by atoms with van der Waals surface area (Å²) in [7, 11) is 0. The molecule has 0 saturated heterocycles. The third kappa shape index (κ3) is 5.56. The molecule has 0 atom stereocenters. The Bertz CT molecular complexity index is 278. The van der Waals surface area contributed by atoms with Crippen LogP contribution in [0.25, 0.3) is 0 Å². The van der Waals surface area contributed by atoms with E-state index in [0.29, 0.717) is 5.33 Å². The fourth-order valence-electron chi connectivity index (χ4n) is 2.11. The van der Waals surface area contributed by atoms with Gasteiger partial charge < -0.3 is 10.1 Å². The Balaban J connectivity index is 2.33. The van der Waals surface area contributed by atoms with Gasteiger partial charge in [-0.3, -0.25) is 4.79 Å². The molecule has 0 heterocycles. The molecule has 0 aromatic rings. The van der Waals surface area contributed by atoms with Crippen LogP contribution in [0.4, 0.5) is 13.2 Å². The van der Waals surface area contributed by atoms with Gasteiger partial charge in [-0.2, -0.15) is 13.2 Å². The fraction of sp³-hybridized carbons (Fsp3) is 0.909. The highest BCUT2D eigenvalue weighted by atomic mass is 79.9. The maximum Gasteiger partial charge on any atom is 0.411 e. The first kappa shape index (κ1) is 15.8. The SMILES string of the molecule is O=C(COCC(F)(F)F)NC1(CBr)CCCCC1. The molecular weight excluding hydrogens is 315 g/mol. The predicted octanol–water partition coefficient (Wildman–Crippen LogP) is 2.78. The third-order valence-corrected chi connectivity index (χ3v) is 4.04. The lowest BCUT2D eigenvalue weighted by atomic mass is 9.83. The number of nitrogens with one attached hydrogen (secondary N) is 1. The molecule has 0 bridgehead atoms. The molecule has 1 saturated carbocycles. The van der Waals surface area contributed by atoms with Crippen molar-refractivity contribution in [3.8, 4) is 0 Å². The number of halogens is 4. The molecule has 1 N–H and O–H groups in total. The Hall–Kier alpha value is -0.300. The van der Waals surface area contributed by atoms with Crippen molar-refractivity contribution in [2.24, 2.45) is 0 Å². The molecule has 1 fully saturated rings. The molecule has 0 radical (unpaired) electrons. The van der Waals surface area contributed by atoms with Crippen LogP contribution in [0.5, 0.6) is 0 Å². The Morgan fingerprint density at radius 3 is 2.39 bits per heavy atom. The first-order valence-electron chi connectivity index (χ1n) is 5.88. The lowest BCUT2D eigenvalue weighted by molar-refractivity contribution is -0.176. The zero-order valence-electron chi connectivity index (χ0n) is 9.99. The van der Waals surface area contributed by atoms with Gasteiger partial charge in [-0.25, -0.2) is 0 Å². The van der Waals surface area contributed by atoms with Gasteiger partial charge in [-0.15, -0.1) is 0 Å². The van der Waals surface area contributed by atoms with Crippen molar-refractivity contribution in [1.29, 1.82) is 0 Å². The highest BCUT2D eigenvalue weighted by Gasteiger charge is 2.33. The fourth-order valence-corrected chi connectivity index (χ4v) is 2.81. The second kappa shape index (κ2) is 6.75. The molecule has 1 rings (SSSR count). The standard InChI is InChI=1S/C11H17BrF3NO2/c12-7-10(4-2-1-3-5-10)16-9(17)6-18-8-11(13,14)15/h1-8H2,(H,16,17). The maximum atomic E-state index is 11.8. The molecule has 18 heavy (non-hydrogen) atoms. The molecule has 106 valence electrons. The molecule has 0 aromatic carbocycles. The summed E-state index contributed by atoms with van der Waals surface area (Å²) >= 11 is 3.36. The summed E-state index contributed by atoms with van der Waals surface area (Å²) < 4.78 is 39.9. The van der Waals surface area contributed by atoms with Gasteiger partial charge in [0.1, 0.15) is 13.2 Å². The van der Waals surface area contributed by atoms with Gasteiger partial charge in [0.2, 0.25) is 5.91 Å². The van der Waals surface area contributed by atoms with Gasteiger partial charge in [-0.1, -0.05) is 35.2 Å². The van der Waals surface area contributed by atoms with Crippen LogP contribution in [0, 0.1) is 0 Å². The first-order chi connectivity index (χ1) is 8.37. The minimum Gasteiger partial charge on any atom is -0.362 e. The maximum absolute atomic E-state index is 11.8. The average Bonchev–Trinajstić information content (AvgIpc) is 2.28. The summed E-state index contributed by atoms with van der Waals surface area (Å²) in [6, 6.07) is 0. The molecule has 1 amide bonds. The quantitative estimate of drug-likeness (QED) is 0.787. The van der Waals surface area contributed by atoms with Crippen LogP contribution in [0.15, 0.2) is 0 Å². The number of carbonyl (C=O) groups excluding carboxylic acids is 1. The monoisotopic (exact) mass is 331 g/mol. The summed E-state index contributed by atoms with van der Waals surface area (Å²) in [6.07, 6.45) is 0.491. The van der Waals surface area contributed by atoms with E-state index < -0.39 is 25.3 Å². The van der Waals surface area contributed by atoms with E-state index in [9.17, 15) is 18.0 Å². The zero-order chi connectivity index (χ0) is 13.6. The van der Waals surface area contributed by atoms with Crippen LogP contribution in [0.3, 0.4) is 0 Å². The summed E-state index contributed by atoms with van der Waals surface area (Å²) in [4.78, 5) is 11.5. The molecule has 0 unspecified atom stereocenters. The van der Waals surface area contributed by atoms with E-state index in [0.717, 1.165) is 32.1 Å². The molecule has 1 aliphatic carbocycles. The van der Waals surface area contributed by atoms with E-state index in [2.05, 4.69) is 26.0 Å². The highest BCUT2D eigenvalue weighted by molar-refractivity contribution is 9.09. The van der Waals surface area contributed by atoms with Crippen molar-refractivity contribution in [1.82, 2.24) is 5.32 Å². The Labute approximate surface area is 113 Å². The largest absolute Gasteiger partial charge is 0.411 e. The van der Waals surface area contributed by atoms with E-state index >= 15 is 0 Å². The Morgan fingerprint density at radius 1 is 1.28 bits per heavy atom. The number of carbonyl (C=O) groups is 1. The van der Waals surface area contributed by atoms with Gasteiger partial charge >= 0.3 is 6.18 Å². The molecule has 3 nitrogen and oxygen atoms in total. The van der Waals surface area contributed by atoms with E-state index in [-0.39, 0.29) is 5.54 Å². The minimum atomic E-state index is -4.39. The molecule has 0 aromatic heterocycles. The Morgan fingerprint density at radius 2 is 1.89 bits per heavy atom. The van der Waals surface area contributed by atoms with Crippen LogP contribution >= 0.6 is 15.9 Å². The van der Waals surface area contributed by atoms with Crippen molar-refractivity contribution in [2.45, 2.75) is 43.8 Å². The van der Waals surface area contributed by atoms with E-state index in [1.165, 1.54) is 0 Å². The van der Waals surface area contributed by atoms with Gasteiger partial charge in [0.15, 0.2) is 0 Å². The van der Waals surface area contributed by atoms with Gasteiger partial charge in [0, 0.05) is 10.9 Å². The number of alkyl halides is 4. The van der Waals surface area contributed by atoms with E-state index in [4.69, 9.17) is 0 Å². The molecule has 0 aliphatic heterocycles. The lowest BCUT2D eigenvalue weighted by Crippen LogP contribution is -2.52. The van der Waals surface area contributed by atoms with Crippen LogP contribution in [0.2, 0.25) is 0 Å². The van der Waals surface area contributed by atoms with Crippen LogP contribution < -0.4 is 5.32 Å². The second-order valence-electron chi connectivity index (χ2n) is 4.63. The van der Waals surface area contributed by atoms with Crippen LogP contribution in [-0.2, 0) is 9.53 Å². The average molecular weight is 332 g/mol. The van der Waals surface area contributed by atoms with Crippen molar-refractivity contribution < 1.29 is 22.7 Å². The molecule has 0 spiro atoms. The van der Waals surface area contributed by atoms with Gasteiger partial charge in [-0.05, 0) is 12.8 Å². The molecule has 1 aliphatic rings. The smallest absolute Gasteiger partial charge is 0.362 e. The van der Waals surface area contributed by atoms with Crippen molar-refractivity contribution >= 4 is 21.8 Å². The number of rotatable bonds is 5. The number of amides is 1. The first-order valence-corrected chi connectivity index (χ1v) is 7.00. The number of hydrogen-bond acceptors (Lipinski definition) is 2.